The van der Waals surface area contributed by atoms with Gasteiger partial charge in [0.15, 0.2) is 5.82 Å². The van der Waals surface area contributed by atoms with Crippen LogP contribution in [-0.2, 0) is 11.2 Å². The second kappa shape index (κ2) is 10.6. The van der Waals surface area contributed by atoms with Gasteiger partial charge in [-0.25, -0.2) is 0 Å². The zero-order valence-corrected chi connectivity index (χ0v) is 18.0. The SMILES string of the molecule is CC(C)Oc1nc(N)c2c(n1)CC(CCCCCC1CCCCCC1)=CC(=O)N2. The second-order valence-electron chi connectivity index (χ2n) is 8.81. The van der Waals surface area contributed by atoms with E-state index >= 15 is 0 Å². The maximum atomic E-state index is 12.3. The molecule has 1 aromatic heterocycles. The number of nitrogens with zero attached hydrogens (tertiary/aromatic N) is 2. The summed E-state index contributed by atoms with van der Waals surface area (Å²) >= 11 is 0. The number of unbranched alkanes of at least 4 members (excludes halogenated alkanes) is 2. The molecule has 0 spiro atoms. The van der Waals surface area contributed by atoms with Gasteiger partial charge in [-0.3, -0.25) is 4.79 Å². The molecule has 0 radical (unpaired) electrons. The summed E-state index contributed by atoms with van der Waals surface area (Å²) in [5.74, 6) is 1.05. The molecule has 0 aromatic carbocycles. The van der Waals surface area contributed by atoms with Crippen LogP contribution < -0.4 is 15.8 Å². The maximum Gasteiger partial charge on any atom is 0.318 e. The number of hydrogen-bond donors (Lipinski definition) is 2. The van der Waals surface area contributed by atoms with Gasteiger partial charge in [0.05, 0.1) is 11.8 Å². The third-order valence-corrected chi connectivity index (χ3v) is 5.90. The number of aromatic nitrogens is 2. The molecule has 1 amide bonds. The Hall–Kier alpha value is -2.11. The molecule has 6 nitrogen and oxygen atoms in total. The highest BCUT2D eigenvalue weighted by atomic mass is 16.5. The fourth-order valence-electron chi connectivity index (χ4n) is 4.42. The van der Waals surface area contributed by atoms with E-state index in [-0.39, 0.29) is 23.8 Å². The van der Waals surface area contributed by atoms with Crippen LogP contribution in [0.2, 0.25) is 0 Å². The Labute approximate surface area is 174 Å². The van der Waals surface area contributed by atoms with Crippen LogP contribution in [-0.4, -0.2) is 22.0 Å². The summed E-state index contributed by atoms with van der Waals surface area (Å²) in [5, 5.41) is 2.83. The summed E-state index contributed by atoms with van der Waals surface area (Å²) in [6.45, 7) is 3.85. The smallest absolute Gasteiger partial charge is 0.318 e. The first kappa shape index (κ1) is 21.6. The van der Waals surface area contributed by atoms with Gasteiger partial charge in [-0.05, 0) is 32.6 Å². The average molecular weight is 401 g/mol. The van der Waals surface area contributed by atoms with Gasteiger partial charge >= 0.3 is 6.01 Å². The van der Waals surface area contributed by atoms with Gasteiger partial charge < -0.3 is 15.8 Å². The van der Waals surface area contributed by atoms with Crippen LogP contribution >= 0.6 is 0 Å². The Bertz CT molecular complexity index is 722. The number of ether oxygens (including phenoxy) is 1. The number of allylic oxidation sites excluding steroid dienone is 1. The number of carbonyl (C=O) groups is 1. The molecule has 0 bridgehead atoms. The molecule has 3 N–H and O–H groups in total. The van der Waals surface area contributed by atoms with Gasteiger partial charge in [-0.15, -0.1) is 0 Å². The number of nitrogens with two attached hydrogens (primary N) is 1. The highest BCUT2D eigenvalue weighted by Gasteiger charge is 2.20. The number of hydrogen-bond acceptors (Lipinski definition) is 5. The summed E-state index contributed by atoms with van der Waals surface area (Å²) in [7, 11) is 0. The van der Waals surface area contributed by atoms with E-state index in [0.717, 1.165) is 30.0 Å². The van der Waals surface area contributed by atoms with E-state index in [1.165, 1.54) is 57.8 Å². The van der Waals surface area contributed by atoms with Crippen molar-refractivity contribution in [2.45, 2.75) is 97.0 Å². The minimum absolute atomic E-state index is 0.0312. The normalized spacial score (nSPS) is 17.9. The van der Waals surface area contributed by atoms with E-state index in [2.05, 4.69) is 15.3 Å². The minimum Gasteiger partial charge on any atom is -0.461 e. The number of rotatable bonds is 8. The molecule has 2 heterocycles. The van der Waals surface area contributed by atoms with Crippen LogP contribution in [0.1, 0.15) is 90.2 Å². The van der Waals surface area contributed by atoms with Crippen molar-refractivity contribution in [3.8, 4) is 6.01 Å². The molecule has 2 aliphatic rings. The van der Waals surface area contributed by atoms with Crippen molar-refractivity contribution in [2.75, 3.05) is 11.1 Å². The number of anilines is 2. The fraction of sp³-hybridized carbons (Fsp3) is 0.696. The Kier molecular flexibility index (Phi) is 7.90. The zero-order valence-electron chi connectivity index (χ0n) is 18.0. The van der Waals surface area contributed by atoms with Crippen molar-refractivity contribution in [1.82, 2.24) is 9.97 Å². The Morgan fingerprint density at radius 1 is 1.14 bits per heavy atom. The van der Waals surface area contributed by atoms with Crippen molar-refractivity contribution in [3.05, 3.63) is 17.3 Å². The van der Waals surface area contributed by atoms with Gasteiger partial charge in [-0.2, -0.15) is 9.97 Å². The van der Waals surface area contributed by atoms with E-state index in [0.29, 0.717) is 12.1 Å². The van der Waals surface area contributed by atoms with E-state index in [1.54, 1.807) is 6.08 Å². The first-order valence-corrected chi connectivity index (χ1v) is 11.3. The van der Waals surface area contributed by atoms with Crippen LogP contribution in [0.3, 0.4) is 0 Å². The third-order valence-electron chi connectivity index (χ3n) is 5.90. The summed E-state index contributed by atoms with van der Waals surface area (Å²) in [4.78, 5) is 20.9. The van der Waals surface area contributed by atoms with Crippen molar-refractivity contribution in [2.24, 2.45) is 5.92 Å². The van der Waals surface area contributed by atoms with Gasteiger partial charge in [0, 0.05) is 12.5 Å². The quantitative estimate of drug-likeness (QED) is 0.463. The summed E-state index contributed by atoms with van der Waals surface area (Å²) in [6, 6.07) is 0.273. The van der Waals surface area contributed by atoms with Crippen LogP contribution in [0.4, 0.5) is 11.5 Å². The van der Waals surface area contributed by atoms with E-state index in [4.69, 9.17) is 10.5 Å². The third kappa shape index (κ3) is 6.72. The lowest BCUT2D eigenvalue weighted by Gasteiger charge is -2.14. The highest BCUT2D eigenvalue weighted by Crippen LogP contribution is 2.30. The molecule has 1 aliphatic carbocycles. The van der Waals surface area contributed by atoms with Crippen LogP contribution in [0, 0.1) is 5.92 Å². The topological polar surface area (TPSA) is 90.1 Å². The van der Waals surface area contributed by atoms with Gasteiger partial charge in [0.2, 0.25) is 5.91 Å². The molecule has 29 heavy (non-hydrogen) atoms. The first-order valence-electron chi connectivity index (χ1n) is 11.3. The molecular weight excluding hydrogens is 364 g/mol. The van der Waals surface area contributed by atoms with E-state index in [9.17, 15) is 4.79 Å². The first-order chi connectivity index (χ1) is 14.0. The van der Waals surface area contributed by atoms with Gasteiger partial charge in [0.1, 0.15) is 5.69 Å². The van der Waals surface area contributed by atoms with Gasteiger partial charge in [-0.1, -0.05) is 63.4 Å². The summed E-state index contributed by atoms with van der Waals surface area (Å²) in [6.07, 6.45) is 16.7. The van der Waals surface area contributed by atoms with Crippen molar-refractivity contribution >= 4 is 17.4 Å². The van der Waals surface area contributed by atoms with Crippen LogP contribution in [0.25, 0.3) is 0 Å². The van der Waals surface area contributed by atoms with Gasteiger partial charge in [0.25, 0.3) is 0 Å². The Morgan fingerprint density at radius 3 is 2.62 bits per heavy atom. The number of fused-ring (bicyclic) bond motifs is 1. The Balaban J connectivity index is 1.52. The molecule has 1 aromatic rings. The predicted molar refractivity (Wildman–Crippen MR) is 117 cm³/mol. The fourth-order valence-corrected chi connectivity index (χ4v) is 4.42. The van der Waals surface area contributed by atoms with E-state index in [1.807, 2.05) is 13.8 Å². The van der Waals surface area contributed by atoms with E-state index < -0.39 is 0 Å². The lowest BCUT2D eigenvalue weighted by molar-refractivity contribution is -0.111. The molecule has 0 unspecified atom stereocenters. The standard InChI is InChI=1S/C23H36N4O2/c1-16(2)29-23-25-19-14-18(15-20(28)26-21(19)22(24)27-23)13-9-5-8-12-17-10-6-3-4-7-11-17/h15-17H,3-14H2,1-2H3,(H,26,28)(H2,24,25,27). The van der Waals surface area contributed by atoms with Crippen molar-refractivity contribution in [3.63, 3.8) is 0 Å². The zero-order chi connectivity index (χ0) is 20.6. The summed E-state index contributed by atoms with van der Waals surface area (Å²) in [5.41, 5.74) is 8.41. The largest absolute Gasteiger partial charge is 0.461 e. The minimum atomic E-state index is -0.148. The van der Waals surface area contributed by atoms with Crippen molar-refractivity contribution in [1.29, 1.82) is 0 Å². The molecule has 1 saturated carbocycles. The summed E-state index contributed by atoms with van der Waals surface area (Å²) < 4.78 is 5.61. The lowest BCUT2D eigenvalue weighted by Crippen LogP contribution is -2.14. The number of nitrogen functional groups attached to an aromatic ring is 1. The molecule has 0 saturated heterocycles. The lowest BCUT2D eigenvalue weighted by atomic mass is 9.93. The maximum absolute atomic E-state index is 12.3. The number of carbonyl (C=O) groups excluding carboxylic acids is 1. The molecule has 0 atom stereocenters. The number of nitrogens with one attached hydrogen (secondary N) is 1. The molecule has 1 aliphatic heterocycles. The Morgan fingerprint density at radius 2 is 1.90 bits per heavy atom. The number of amides is 1. The molecule has 1 fully saturated rings. The van der Waals surface area contributed by atoms with Crippen LogP contribution in [0.5, 0.6) is 6.01 Å². The molecular formula is C23H36N4O2. The predicted octanol–water partition coefficient (Wildman–Crippen LogP) is 5.19. The second-order valence-corrected chi connectivity index (χ2v) is 8.81. The average Bonchev–Trinajstić information content (AvgIpc) is 3.00. The molecule has 3 rings (SSSR count). The molecule has 6 heteroatoms. The molecule has 160 valence electrons. The highest BCUT2D eigenvalue weighted by molar-refractivity contribution is 6.02. The van der Waals surface area contributed by atoms with Crippen LogP contribution in [0.15, 0.2) is 11.6 Å². The monoisotopic (exact) mass is 400 g/mol. The van der Waals surface area contributed by atoms with Crippen molar-refractivity contribution < 1.29 is 9.53 Å².